The highest BCUT2D eigenvalue weighted by Gasteiger charge is 2.38. The largest absolute Gasteiger partial charge is 0.479 e. The van der Waals surface area contributed by atoms with Gasteiger partial charge in [0.2, 0.25) is 0 Å². The molecule has 2 aromatic heterocycles. The van der Waals surface area contributed by atoms with Crippen molar-refractivity contribution >= 4 is 17.6 Å². The van der Waals surface area contributed by atoms with Gasteiger partial charge in [0.1, 0.15) is 5.82 Å². The molecular weight excluding hydrogens is 442 g/mol. The van der Waals surface area contributed by atoms with Gasteiger partial charge >= 0.3 is 5.97 Å². The molecule has 0 spiro atoms. The fourth-order valence-electron chi connectivity index (χ4n) is 5.70. The van der Waals surface area contributed by atoms with Gasteiger partial charge in [0, 0.05) is 18.7 Å². The number of rotatable bonds is 5. The molecule has 35 heavy (non-hydrogen) atoms. The molecule has 8 nitrogen and oxygen atoms in total. The summed E-state index contributed by atoms with van der Waals surface area (Å²) in [5.41, 5.74) is 1.44. The van der Waals surface area contributed by atoms with Crippen LogP contribution in [-0.4, -0.2) is 49.3 Å². The van der Waals surface area contributed by atoms with Crippen LogP contribution >= 0.6 is 0 Å². The van der Waals surface area contributed by atoms with Gasteiger partial charge in [-0.2, -0.15) is 9.50 Å². The number of ether oxygens (including phenoxy) is 1. The first-order valence-corrected chi connectivity index (χ1v) is 12.7. The smallest absolute Gasteiger partial charge is 0.337 e. The quantitative estimate of drug-likeness (QED) is 0.549. The number of aliphatic carboxylic acids is 1. The molecular formula is C27H35N5O3. The Kier molecular flexibility index (Phi) is 6.25. The molecule has 8 heteroatoms. The molecule has 0 amide bonds. The maximum absolute atomic E-state index is 12.5. The van der Waals surface area contributed by atoms with Crippen molar-refractivity contribution in [1.82, 2.24) is 19.6 Å². The highest BCUT2D eigenvalue weighted by Crippen LogP contribution is 2.41. The zero-order valence-electron chi connectivity index (χ0n) is 21.1. The topological polar surface area (TPSA) is 92.9 Å². The highest BCUT2D eigenvalue weighted by molar-refractivity contribution is 5.78. The van der Waals surface area contributed by atoms with E-state index in [1.165, 1.54) is 25.7 Å². The Hall–Kier alpha value is -3.00. The lowest BCUT2D eigenvalue weighted by Gasteiger charge is -2.43. The van der Waals surface area contributed by atoms with Crippen molar-refractivity contribution in [2.75, 3.05) is 18.0 Å². The summed E-state index contributed by atoms with van der Waals surface area (Å²) < 4.78 is 7.86. The molecule has 1 N–H and O–H groups in total. The van der Waals surface area contributed by atoms with Crippen LogP contribution in [0.1, 0.15) is 70.2 Å². The van der Waals surface area contributed by atoms with E-state index in [9.17, 15) is 9.90 Å². The summed E-state index contributed by atoms with van der Waals surface area (Å²) in [5, 5.41) is 15.1. The number of anilines is 1. The second-order valence-corrected chi connectivity index (χ2v) is 10.9. The van der Waals surface area contributed by atoms with Gasteiger partial charge in [-0.3, -0.25) is 0 Å². The standard InChI is InChI=1S/C27H35N5O3/c1-17-21(22(25(33)34)35-27(2,3)4)24(31-15-14-18-10-8-9-13-20(18)16-31)32-26(28-17)29-23(30-32)19-11-6-5-7-12-19/h5-7,11-12,18,20,22H,8-10,13-16H2,1-4H3,(H,33,34)/t18-,20+,22?/m1/s1. The molecule has 1 saturated heterocycles. The van der Waals surface area contributed by atoms with Crippen LogP contribution in [0.2, 0.25) is 0 Å². The summed E-state index contributed by atoms with van der Waals surface area (Å²) in [6.07, 6.45) is 5.04. The van der Waals surface area contributed by atoms with Crippen LogP contribution in [0.4, 0.5) is 5.82 Å². The van der Waals surface area contributed by atoms with Crippen LogP contribution in [0, 0.1) is 18.8 Å². The van der Waals surface area contributed by atoms with Crippen LogP contribution in [0.5, 0.6) is 0 Å². The Bertz CT molecular complexity index is 1220. The molecule has 2 fully saturated rings. The Morgan fingerprint density at radius 3 is 2.49 bits per heavy atom. The predicted octanol–water partition coefficient (Wildman–Crippen LogP) is 5.06. The van der Waals surface area contributed by atoms with E-state index in [4.69, 9.17) is 19.8 Å². The maximum atomic E-state index is 12.5. The number of hydrogen-bond donors (Lipinski definition) is 1. The average Bonchev–Trinajstić information content (AvgIpc) is 3.25. The van der Waals surface area contributed by atoms with Crippen molar-refractivity contribution in [3.8, 4) is 11.4 Å². The number of nitrogens with zero attached hydrogens (tertiary/aromatic N) is 5. The molecule has 0 radical (unpaired) electrons. The molecule has 0 bridgehead atoms. The fraction of sp³-hybridized carbons (Fsp3) is 0.556. The van der Waals surface area contributed by atoms with Gasteiger partial charge in [-0.1, -0.05) is 49.6 Å². The van der Waals surface area contributed by atoms with E-state index in [2.05, 4.69) is 4.90 Å². The summed E-state index contributed by atoms with van der Waals surface area (Å²) in [6, 6.07) is 9.81. The minimum Gasteiger partial charge on any atom is -0.479 e. The number of benzene rings is 1. The summed E-state index contributed by atoms with van der Waals surface area (Å²) >= 11 is 0. The van der Waals surface area contributed by atoms with Gasteiger partial charge < -0.3 is 14.7 Å². The number of hydrogen-bond acceptors (Lipinski definition) is 6. The molecule has 1 aliphatic carbocycles. The van der Waals surface area contributed by atoms with Gasteiger partial charge in [-0.15, -0.1) is 5.10 Å². The molecule has 186 valence electrons. The third-order valence-corrected chi connectivity index (χ3v) is 7.27. The summed E-state index contributed by atoms with van der Waals surface area (Å²) in [5.74, 6) is 2.14. The third kappa shape index (κ3) is 4.76. The third-order valence-electron chi connectivity index (χ3n) is 7.27. The van der Waals surface area contributed by atoms with Crippen LogP contribution < -0.4 is 4.90 Å². The number of carboxylic acids is 1. The number of aryl methyl sites for hydroxylation is 1. The minimum absolute atomic E-state index is 0.478. The van der Waals surface area contributed by atoms with Crippen LogP contribution in [0.25, 0.3) is 17.2 Å². The molecule has 3 aromatic rings. The van der Waals surface area contributed by atoms with Gasteiger partial charge in [-0.25, -0.2) is 9.78 Å². The number of fused-ring (bicyclic) bond motifs is 2. The average molecular weight is 478 g/mol. The van der Waals surface area contributed by atoms with E-state index >= 15 is 0 Å². The monoisotopic (exact) mass is 477 g/mol. The molecule has 3 atom stereocenters. The van der Waals surface area contributed by atoms with Crippen molar-refractivity contribution in [3.63, 3.8) is 0 Å². The molecule has 1 aromatic carbocycles. The van der Waals surface area contributed by atoms with Gasteiger partial charge in [0.25, 0.3) is 5.78 Å². The lowest BCUT2D eigenvalue weighted by molar-refractivity contribution is -0.160. The molecule has 1 saturated carbocycles. The normalized spacial score (nSPS) is 21.7. The van der Waals surface area contributed by atoms with E-state index in [-0.39, 0.29) is 0 Å². The second kappa shape index (κ2) is 9.22. The highest BCUT2D eigenvalue weighted by atomic mass is 16.5. The fourth-order valence-corrected chi connectivity index (χ4v) is 5.70. The number of piperidine rings is 1. The Balaban J connectivity index is 1.68. The first-order chi connectivity index (χ1) is 16.7. The van der Waals surface area contributed by atoms with Crippen molar-refractivity contribution in [1.29, 1.82) is 0 Å². The van der Waals surface area contributed by atoms with Crippen molar-refractivity contribution in [2.45, 2.75) is 71.5 Å². The first kappa shape index (κ1) is 23.7. The zero-order valence-corrected chi connectivity index (χ0v) is 21.1. The van der Waals surface area contributed by atoms with E-state index in [1.54, 1.807) is 4.52 Å². The van der Waals surface area contributed by atoms with Gasteiger partial charge in [0.15, 0.2) is 11.9 Å². The Labute approximate surface area is 206 Å². The Morgan fingerprint density at radius 2 is 1.80 bits per heavy atom. The summed E-state index contributed by atoms with van der Waals surface area (Å²) in [4.78, 5) is 24.3. The Morgan fingerprint density at radius 1 is 1.09 bits per heavy atom. The van der Waals surface area contributed by atoms with Crippen molar-refractivity contribution < 1.29 is 14.6 Å². The molecule has 2 aliphatic rings. The van der Waals surface area contributed by atoms with Crippen molar-refractivity contribution in [3.05, 3.63) is 41.6 Å². The van der Waals surface area contributed by atoms with E-state index < -0.39 is 17.7 Å². The molecule has 5 rings (SSSR count). The van der Waals surface area contributed by atoms with Crippen LogP contribution in [0.3, 0.4) is 0 Å². The lowest BCUT2D eigenvalue weighted by Crippen LogP contribution is -2.43. The summed E-state index contributed by atoms with van der Waals surface area (Å²) in [6.45, 7) is 9.22. The zero-order chi connectivity index (χ0) is 24.7. The SMILES string of the molecule is Cc1nc2nc(-c3ccccc3)nn2c(N2CC[C@H]3CCCC[C@H]3C2)c1C(OC(C)(C)C)C(=O)O. The van der Waals surface area contributed by atoms with Crippen LogP contribution in [-0.2, 0) is 9.53 Å². The molecule has 1 unspecified atom stereocenters. The number of carboxylic acid groups (broad SMARTS) is 1. The predicted molar refractivity (Wildman–Crippen MR) is 134 cm³/mol. The van der Waals surface area contributed by atoms with E-state index in [0.717, 1.165) is 36.8 Å². The van der Waals surface area contributed by atoms with E-state index in [0.29, 0.717) is 28.8 Å². The number of aromatic nitrogens is 4. The lowest BCUT2D eigenvalue weighted by atomic mass is 9.75. The molecule has 3 heterocycles. The van der Waals surface area contributed by atoms with Crippen molar-refractivity contribution in [2.24, 2.45) is 11.8 Å². The van der Waals surface area contributed by atoms with Crippen LogP contribution in [0.15, 0.2) is 30.3 Å². The van der Waals surface area contributed by atoms with Gasteiger partial charge in [-0.05, 0) is 52.4 Å². The first-order valence-electron chi connectivity index (χ1n) is 12.7. The van der Waals surface area contributed by atoms with E-state index in [1.807, 2.05) is 58.0 Å². The molecule has 1 aliphatic heterocycles. The minimum atomic E-state index is -1.16. The van der Waals surface area contributed by atoms with Gasteiger partial charge in [0.05, 0.1) is 16.9 Å². The summed E-state index contributed by atoms with van der Waals surface area (Å²) in [7, 11) is 0. The second-order valence-electron chi connectivity index (χ2n) is 10.9. The maximum Gasteiger partial charge on any atom is 0.337 e. The number of carbonyl (C=O) groups is 1.